The smallest absolute Gasteiger partial charge is 0.240 e. The van der Waals surface area contributed by atoms with Gasteiger partial charge in [0.05, 0.1) is 42.2 Å². The molecule has 1 aliphatic heterocycles. The summed E-state index contributed by atoms with van der Waals surface area (Å²) in [7, 11) is -6.85. The molecule has 8 nitrogen and oxygen atoms in total. The van der Waals surface area contributed by atoms with E-state index < -0.39 is 20.0 Å². The molecule has 1 N–H and O–H groups in total. The van der Waals surface area contributed by atoms with Crippen LogP contribution in [0.4, 0.5) is 0 Å². The average Bonchev–Trinajstić information content (AvgIpc) is 2.95. The van der Waals surface area contributed by atoms with Crippen molar-refractivity contribution >= 4 is 20.0 Å². The quantitative estimate of drug-likeness (QED) is 0.807. The Labute approximate surface area is 141 Å². The average molecular weight is 370 g/mol. The molecule has 2 aromatic rings. The van der Waals surface area contributed by atoms with Crippen molar-refractivity contribution in [1.29, 1.82) is 0 Å². The fourth-order valence-corrected chi connectivity index (χ4v) is 4.32. The molecule has 3 rings (SSSR count). The maximum Gasteiger partial charge on any atom is 0.240 e. The van der Waals surface area contributed by atoms with Crippen molar-refractivity contribution in [3.63, 3.8) is 0 Å². The van der Waals surface area contributed by atoms with Gasteiger partial charge in [0.1, 0.15) is 0 Å². The molecule has 24 heavy (non-hydrogen) atoms. The van der Waals surface area contributed by atoms with Gasteiger partial charge in [-0.2, -0.15) is 9.40 Å². The molecule has 130 valence electrons. The maximum atomic E-state index is 12.2. The molecule has 0 amide bonds. The van der Waals surface area contributed by atoms with Gasteiger partial charge in [0, 0.05) is 6.54 Å². The van der Waals surface area contributed by atoms with Crippen LogP contribution in [-0.4, -0.2) is 43.7 Å². The summed E-state index contributed by atoms with van der Waals surface area (Å²) >= 11 is 0. The molecule has 0 saturated carbocycles. The van der Waals surface area contributed by atoms with Crippen LogP contribution < -0.4 is 4.72 Å². The molecule has 0 unspecified atom stereocenters. The fourth-order valence-electron chi connectivity index (χ4n) is 2.52. The lowest BCUT2D eigenvalue weighted by atomic mass is 10.3. The first-order valence-corrected chi connectivity index (χ1v) is 10.6. The van der Waals surface area contributed by atoms with E-state index in [-0.39, 0.29) is 18.0 Å². The van der Waals surface area contributed by atoms with Gasteiger partial charge in [-0.1, -0.05) is 18.2 Å². The summed E-state index contributed by atoms with van der Waals surface area (Å²) in [6, 6.07) is 9.82. The van der Waals surface area contributed by atoms with Crippen molar-refractivity contribution in [2.24, 2.45) is 0 Å². The topological polar surface area (TPSA) is 101 Å². The van der Waals surface area contributed by atoms with Gasteiger partial charge in [-0.3, -0.25) is 4.68 Å². The highest BCUT2D eigenvalue weighted by Gasteiger charge is 2.24. The molecule has 1 aliphatic rings. The lowest BCUT2D eigenvalue weighted by Crippen LogP contribution is -2.37. The van der Waals surface area contributed by atoms with Crippen LogP contribution in [0.2, 0.25) is 0 Å². The van der Waals surface area contributed by atoms with Gasteiger partial charge in [-0.25, -0.2) is 21.6 Å². The van der Waals surface area contributed by atoms with E-state index in [0.29, 0.717) is 18.8 Å². The molecule has 10 heteroatoms. The third kappa shape index (κ3) is 3.66. The largest absolute Gasteiger partial charge is 0.267 e. The molecule has 1 aromatic heterocycles. The second-order valence-electron chi connectivity index (χ2n) is 5.58. The summed E-state index contributed by atoms with van der Waals surface area (Å²) < 4.78 is 53.2. The highest BCUT2D eigenvalue weighted by atomic mass is 32.2. The van der Waals surface area contributed by atoms with Crippen molar-refractivity contribution in [1.82, 2.24) is 18.8 Å². The first-order valence-electron chi connectivity index (χ1n) is 7.31. The van der Waals surface area contributed by atoms with Crippen molar-refractivity contribution in [2.75, 3.05) is 12.8 Å². The molecule has 0 bridgehead atoms. The van der Waals surface area contributed by atoms with E-state index in [0.717, 1.165) is 5.69 Å². The normalized spacial score (nSPS) is 16.0. The minimum atomic E-state index is -3.60. The van der Waals surface area contributed by atoms with Crippen LogP contribution in [0.5, 0.6) is 0 Å². The van der Waals surface area contributed by atoms with Crippen molar-refractivity contribution < 1.29 is 16.8 Å². The second kappa shape index (κ2) is 6.28. The molecule has 0 aliphatic carbocycles. The fraction of sp³-hybridized carbons (Fsp3) is 0.357. The Morgan fingerprint density at radius 2 is 1.83 bits per heavy atom. The minimum Gasteiger partial charge on any atom is -0.267 e. The number of hydrogen-bond acceptors (Lipinski definition) is 5. The van der Waals surface area contributed by atoms with Crippen molar-refractivity contribution in [2.45, 2.75) is 24.5 Å². The van der Waals surface area contributed by atoms with Crippen LogP contribution in [0.3, 0.4) is 0 Å². The van der Waals surface area contributed by atoms with E-state index in [1.807, 2.05) is 0 Å². The summed E-state index contributed by atoms with van der Waals surface area (Å²) in [6.07, 6.45) is 1.17. The summed E-state index contributed by atoms with van der Waals surface area (Å²) in [4.78, 5) is 0.192. The van der Waals surface area contributed by atoms with Gasteiger partial charge in [0.25, 0.3) is 0 Å². The number of aromatic nitrogens is 2. The van der Waals surface area contributed by atoms with Crippen LogP contribution in [0.1, 0.15) is 11.4 Å². The molecule has 0 fully saturated rings. The number of nitrogens with one attached hydrogen (secondary N) is 1. The summed E-state index contributed by atoms with van der Waals surface area (Å²) in [5.74, 6) is 0. The predicted molar refractivity (Wildman–Crippen MR) is 87.9 cm³/mol. The van der Waals surface area contributed by atoms with Gasteiger partial charge in [-0.05, 0) is 18.2 Å². The summed E-state index contributed by atoms with van der Waals surface area (Å²) in [5, 5.41) is 4.33. The Hall–Kier alpha value is -1.75. The molecule has 0 spiro atoms. The highest BCUT2D eigenvalue weighted by molar-refractivity contribution is 7.89. The Balaban J connectivity index is 1.71. The van der Waals surface area contributed by atoms with E-state index >= 15 is 0 Å². The summed E-state index contributed by atoms with van der Waals surface area (Å²) in [6.45, 7) is 1.11. The van der Waals surface area contributed by atoms with Crippen LogP contribution >= 0.6 is 0 Å². The van der Waals surface area contributed by atoms with E-state index in [1.165, 1.54) is 22.7 Å². The van der Waals surface area contributed by atoms with Gasteiger partial charge < -0.3 is 0 Å². The Morgan fingerprint density at radius 1 is 1.12 bits per heavy atom. The zero-order valence-electron chi connectivity index (χ0n) is 13.1. The van der Waals surface area contributed by atoms with Crippen LogP contribution in [0, 0.1) is 0 Å². The van der Waals surface area contributed by atoms with E-state index in [1.54, 1.807) is 28.9 Å². The first kappa shape index (κ1) is 17.1. The van der Waals surface area contributed by atoms with Crippen LogP contribution in [0.25, 0.3) is 0 Å². The molecule has 0 saturated heterocycles. The van der Waals surface area contributed by atoms with Crippen LogP contribution in [-0.2, 0) is 39.7 Å². The highest BCUT2D eigenvalue weighted by Crippen LogP contribution is 2.16. The van der Waals surface area contributed by atoms with E-state index in [2.05, 4.69) is 9.82 Å². The van der Waals surface area contributed by atoms with Gasteiger partial charge in [0.2, 0.25) is 20.0 Å². The zero-order chi connectivity index (χ0) is 17.4. The minimum absolute atomic E-state index is 0.0517. The predicted octanol–water partition coefficient (Wildman–Crippen LogP) is 0.137. The molecule has 0 atom stereocenters. The molecule has 1 aromatic carbocycles. The second-order valence-corrected chi connectivity index (χ2v) is 9.33. The lowest BCUT2D eigenvalue weighted by Gasteiger charge is -2.25. The lowest BCUT2D eigenvalue weighted by molar-refractivity contribution is 0.328. The maximum absolute atomic E-state index is 12.2. The Bertz CT molecular complexity index is 936. The third-order valence-electron chi connectivity index (χ3n) is 3.78. The number of sulfonamides is 2. The standard InChI is InChI=1S/C14H18N4O4S2/c1-23(19,20)17-7-8-18-13(11-17)9-12(16-18)10-15-24(21,22)14-5-3-2-4-6-14/h2-6,9,15H,7-8,10-11H2,1H3. The van der Waals surface area contributed by atoms with E-state index in [9.17, 15) is 16.8 Å². The van der Waals surface area contributed by atoms with Gasteiger partial charge in [0.15, 0.2) is 0 Å². The third-order valence-corrected chi connectivity index (χ3v) is 6.45. The van der Waals surface area contributed by atoms with Gasteiger partial charge in [-0.15, -0.1) is 0 Å². The van der Waals surface area contributed by atoms with Gasteiger partial charge >= 0.3 is 0 Å². The van der Waals surface area contributed by atoms with E-state index in [4.69, 9.17) is 0 Å². The number of rotatable bonds is 5. The zero-order valence-corrected chi connectivity index (χ0v) is 14.7. The van der Waals surface area contributed by atoms with Crippen molar-refractivity contribution in [3.05, 3.63) is 47.8 Å². The van der Waals surface area contributed by atoms with Crippen LogP contribution in [0.15, 0.2) is 41.3 Å². The first-order chi connectivity index (χ1) is 11.3. The van der Waals surface area contributed by atoms with Crippen molar-refractivity contribution in [3.8, 4) is 0 Å². The molecule has 2 heterocycles. The number of nitrogens with zero attached hydrogens (tertiary/aromatic N) is 3. The number of benzene rings is 1. The number of hydrogen-bond donors (Lipinski definition) is 1. The molecular formula is C14H18N4O4S2. The SMILES string of the molecule is CS(=O)(=O)N1CCn2nc(CNS(=O)(=O)c3ccccc3)cc2C1. The Kier molecular flexibility index (Phi) is 4.47. The summed E-state index contributed by atoms with van der Waals surface area (Å²) in [5.41, 5.74) is 1.31. The monoisotopic (exact) mass is 370 g/mol. The number of fused-ring (bicyclic) bond motifs is 1. The molecule has 0 radical (unpaired) electrons. The molecular weight excluding hydrogens is 352 g/mol. The Morgan fingerprint density at radius 3 is 2.50 bits per heavy atom.